The number of amides is 1. The van der Waals surface area contributed by atoms with E-state index in [4.69, 9.17) is 15.5 Å². The van der Waals surface area contributed by atoms with Gasteiger partial charge in [-0.25, -0.2) is 4.98 Å². The van der Waals surface area contributed by atoms with Gasteiger partial charge in [0.1, 0.15) is 17.7 Å². The van der Waals surface area contributed by atoms with Crippen molar-refractivity contribution in [3.05, 3.63) is 78.1 Å². The molecule has 0 saturated heterocycles. The van der Waals surface area contributed by atoms with Gasteiger partial charge in [0.05, 0.1) is 29.7 Å². The molecule has 0 unspecified atom stereocenters. The number of nitrogens with zero attached hydrogens (tertiary/aromatic N) is 3. The molecule has 0 fully saturated rings. The summed E-state index contributed by atoms with van der Waals surface area (Å²) in [4.78, 5) is 20.8. The van der Waals surface area contributed by atoms with Crippen molar-refractivity contribution in [2.45, 2.75) is 26.0 Å². The maximum atomic E-state index is 11.9. The molecule has 7 heteroatoms. The van der Waals surface area contributed by atoms with Crippen molar-refractivity contribution in [3.8, 4) is 28.5 Å². The summed E-state index contributed by atoms with van der Waals surface area (Å²) in [5.74, 6) is -0.481. The highest BCUT2D eigenvalue weighted by atomic mass is 16.5. The third-order valence-electron chi connectivity index (χ3n) is 5.76. The van der Waals surface area contributed by atoms with Crippen molar-refractivity contribution in [2.75, 3.05) is 12.4 Å². The molecule has 1 amide bonds. The van der Waals surface area contributed by atoms with Crippen LogP contribution in [0.2, 0.25) is 0 Å². The van der Waals surface area contributed by atoms with Crippen LogP contribution in [0.5, 0.6) is 0 Å². The highest BCUT2D eigenvalue weighted by molar-refractivity contribution is 5.99. The average molecular weight is 452 g/mol. The summed E-state index contributed by atoms with van der Waals surface area (Å²) < 4.78 is 5.33. The Morgan fingerprint density at radius 3 is 2.56 bits per heavy atom. The number of benzene rings is 2. The van der Waals surface area contributed by atoms with E-state index in [0.29, 0.717) is 40.9 Å². The predicted molar refractivity (Wildman–Crippen MR) is 133 cm³/mol. The van der Waals surface area contributed by atoms with Gasteiger partial charge in [-0.3, -0.25) is 9.78 Å². The van der Waals surface area contributed by atoms with Crippen LogP contribution in [0.25, 0.3) is 33.3 Å². The lowest BCUT2D eigenvalue weighted by atomic mass is 9.96. The first-order valence-corrected chi connectivity index (χ1v) is 11.0. The molecule has 0 spiro atoms. The summed E-state index contributed by atoms with van der Waals surface area (Å²) in [5, 5.41) is 14.0. The number of primary amides is 1. The third kappa shape index (κ3) is 4.45. The lowest BCUT2D eigenvalue weighted by molar-refractivity contribution is -0.118. The SMILES string of the molecule is CC[C@@H](Nc1c(C#N)c(-c2ccc(-c3ccccc3COC)cc2)nc2cnccc12)C(N)=O. The summed E-state index contributed by atoms with van der Waals surface area (Å²) in [6.45, 7) is 2.38. The average Bonchev–Trinajstić information content (AvgIpc) is 2.87. The molecule has 0 bridgehead atoms. The van der Waals surface area contributed by atoms with Gasteiger partial charge in [0.2, 0.25) is 5.91 Å². The number of methoxy groups -OCH3 is 1. The zero-order valence-electron chi connectivity index (χ0n) is 19.1. The zero-order chi connectivity index (χ0) is 24.1. The number of anilines is 1. The van der Waals surface area contributed by atoms with Crippen LogP contribution in [-0.2, 0) is 16.1 Å². The molecule has 2 aromatic heterocycles. The molecular weight excluding hydrogens is 426 g/mol. The van der Waals surface area contributed by atoms with Gasteiger partial charge in [-0.05, 0) is 29.2 Å². The molecule has 2 aromatic carbocycles. The van der Waals surface area contributed by atoms with E-state index in [9.17, 15) is 10.1 Å². The molecule has 4 rings (SSSR count). The highest BCUT2D eigenvalue weighted by Crippen LogP contribution is 2.35. The number of rotatable bonds is 8. The zero-order valence-corrected chi connectivity index (χ0v) is 19.1. The molecule has 1 atom stereocenters. The van der Waals surface area contributed by atoms with E-state index in [2.05, 4.69) is 22.4 Å². The van der Waals surface area contributed by atoms with Crippen molar-refractivity contribution in [2.24, 2.45) is 5.73 Å². The van der Waals surface area contributed by atoms with E-state index in [1.165, 1.54) is 0 Å². The van der Waals surface area contributed by atoms with E-state index < -0.39 is 11.9 Å². The van der Waals surface area contributed by atoms with Crippen LogP contribution >= 0.6 is 0 Å². The molecular formula is C27H25N5O2. The van der Waals surface area contributed by atoms with Crippen LogP contribution in [0, 0.1) is 11.3 Å². The van der Waals surface area contributed by atoms with Gasteiger partial charge < -0.3 is 15.8 Å². The molecule has 4 aromatic rings. The number of ether oxygens (including phenoxy) is 1. The molecule has 0 aliphatic rings. The minimum atomic E-state index is -0.613. The van der Waals surface area contributed by atoms with E-state index in [-0.39, 0.29) is 0 Å². The Bertz CT molecular complexity index is 1380. The molecule has 7 nitrogen and oxygen atoms in total. The highest BCUT2D eigenvalue weighted by Gasteiger charge is 2.21. The van der Waals surface area contributed by atoms with Gasteiger partial charge in [-0.15, -0.1) is 0 Å². The maximum absolute atomic E-state index is 11.9. The lowest BCUT2D eigenvalue weighted by Gasteiger charge is -2.19. The fourth-order valence-electron chi connectivity index (χ4n) is 4.02. The quantitative estimate of drug-likeness (QED) is 0.403. The van der Waals surface area contributed by atoms with Crippen LogP contribution in [-0.4, -0.2) is 29.0 Å². The van der Waals surface area contributed by atoms with Crippen LogP contribution in [0.15, 0.2) is 67.0 Å². The van der Waals surface area contributed by atoms with Crippen LogP contribution in [0.1, 0.15) is 24.5 Å². The second-order valence-corrected chi connectivity index (χ2v) is 7.89. The number of nitrogens with two attached hydrogens (primary N) is 1. The molecule has 0 saturated carbocycles. The third-order valence-corrected chi connectivity index (χ3v) is 5.76. The number of carbonyl (C=O) groups is 1. The fourth-order valence-corrected chi connectivity index (χ4v) is 4.02. The molecule has 3 N–H and O–H groups in total. The molecule has 34 heavy (non-hydrogen) atoms. The Morgan fingerprint density at radius 2 is 1.88 bits per heavy atom. The summed E-state index contributed by atoms with van der Waals surface area (Å²) in [6, 6.07) is 19.4. The molecule has 0 aliphatic carbocycles. The van der Waals surface area contributed by atoms with E-state index in [1.54, 1.807) is 25.6 Å². The standard InChI is InChI=1S/C27H25N5O2/c1-3-23(27(29)33)31-26-21-12-13-30-15-24(21)32-25(22(26)14-28)18-10-8-17(9-11-18)20-7-5-4-6-19(20)16-34-2/h4-13,15,23H,3,16H2,1-2H3,(H2,29,33)(H,31,32)/t23-/m1/s1. The minimum absolute atomic E-state index is 0.353. The monoisotopic (exact) mass is 451 g/mol. The van der Waals surface area contributed by atoms with Crippen molar-refractivity contribution in [3.63, 3.8) is 0 Å². The van der Waals surface area contributed by atoms with Gasteiger partial charge in [-0.2, -0.15) is 5.26 Å². The first-order valence-electron chi connectivity index (χ1n) is 11.0. The van der Waals surface area contributed by atoms with Crippen LogP contribution in [0.4, 0.5) is 5.69 Å². The smallest absolute Gasteiger partial charge is 0.239 e. The Kier molecular flexibility index (Phi) is 6.81. The predicted octanol–water partition coefficient (Wildman–Crippen LogP) is 4.66. The van der Waals surface area contributed by atoms with Crippen LogP contribution < -0.4 is 11.1 Å². The van der Waals surface area contributed by atoms with Crippen LogP contribution in [0.3, 0.4) is 0 Å². The minimum Gasteiger partial charge on any atom is -0.380 e. The van der Waals surface area contributed by atoms with Crippen molar-refractivity contribution < 1.29 is 9.53 Å². The lowest BCUT2D eigenvalue weighted by Crippen LogP contribution is -2.35. The van der Waals surface area contributed by atoms with Crippen molar-refractivity contribution in [1.29, 1.82) is 5.26 Å². The second kappa shape index (κ2) is 10.1. The topological polar surface area (TPSA) is 114 Å². The number of nitriles is 1. The normalized spacial score (nSPS) is 11.7. The number of hydrogen-bond donors (Lipinski definition) is 2. The summed E-state index contributed by atoms with van der Waals surface area (Å²) >= 11 is 0. The van der Waals surface area contributed by atoms with Crippen molar-refractivity contribution in [1.82, 2.24) is 9.97 Å². The van der Waals surface area contributed by atoms with Gasteiger partial charge in [0.25, 0.3) is 0 Å². The molecule has 170 valence electrons. The fraction of sp³-hybridized carbons (Fsp3) is 0.185. The molecule has 0 aliphatic heterocycles. The van der Waals surface area contributed by atoms with Gasteiger partial charge in [0.15, 0.2) is 0 Å². The first kappa shape index (κ1) is 22.9. The summed E-state index contributed by atoms with van der Waals surface area (Å²) in [6.07, 6.45) is 3.76. The van der Waals surface area contributed by atoms with E-state index in [1.807, 2.05) is 49.4 Å². The second-order valence-electron chi connectivity index (χ2n) is 7.89. The van der Waals surface area contributed by atoms with Gasteiger partial charge in [-0.1, -0.05) is 55.5 Å². The Labute approximate surface area is 198 Å². The number of hydrogen-bond acceptors (Lipinski definition) is 6. The van der Waals surface area contributed by atoms with E-state index in [0.717, 1.165) is 22.3 Å². The van der Waals surface area contributed by atoms with Crippen molar-refractivity contribution >= 4 is 22.5 Å². The van der Waals surface area contributed by atoms with Gasteiger partial charge >= 0.3 is 0 Å². The summed E-state index contributed by atoms with van der Waals surface area (Å²) in [5.41, 5.74) is 11.6. The summed E-state index contributed by atoms with van der Waals surface area (Å²) in [7, 11) is 1.68. The Morgan fingerprint density at radius 1 is 1.15 bits per heavy atom. The van der Waals surface area contributed by atoms with Gasteiger partial charge in [0, 0.05) is 24.3 Å². The largest absolute Gasteiger partial charge is 0.380 e. The molecule has 2 heterocycles. The number of nitrogens with one attached hydrogen (secondary N) is 1. The number of aromatic nitrogens is 2. The molecule has 0 radical (unpaired) electrons. The maximum Gasteiger partial charge on any atom is 0.239 e. The number of carbonyl (C=O) groups excluding carboxylic acids is 1. The Balaban J connectivity index is 1.84. The number of fused-ring (bicyclic) bond motifs is 1. The Hall–Kier alpha value is -4.28. The van der Waals surface area contributed by atoms with E-state index >= 15 is 0 Å². The first-order chi connectivity index (χ1) is 16.6. The number of pyridine rings is 2.